The number of alkyl halides is 1. The first kappa shape index (κ1) is 16.0. The molecule has 0 saturated heterocycles. The summed E-state index contributed by atoms with van der Waals surface area (Å²) in [5.74, 6) is 1.33. The second-order valence-electron chi connectivity index (χ2n) is 4.71. The Balaban J connectivity index is 2.20. The largest absolute Gasteiger partial charge is 0.356 e. The molecule has 2 heterocycles. The molecule has 1 N–H and O–H groups in total. The lowest BCUT2D eigenvalue weighted by atomic mass is 10.3. The predicted octanol–water partition coefficient (Wildman–Crippen LogP) is 2.78. The number of amides is 1. The van der Waals surface area contributed by atoms with Crippen LogP contribution in [0, 0.1) is 0 Å². The van der Waals surface area contributed by atoms with Gasteiger partial charge in [-0.3, -0.25) is 4.79 Å². The van der Waals surface area contributed by atoms with Crippen LogP contribution >= 0.6 is 23.2 Å². The smallest absolute Gasteiger partial charge is 0.221 e. The molecule has 0 aliphatic heterocycles. The van der Waals surface area contributed by atoms with Crippen molar-refractivity contribution in [3.8, 4) is 0 Å². The number of nitrogens with one attached hydrogen (secondary N) is 1. The minimum Gasteiger partial charge on any atom is -0.356 e. The SMILES string of the molecule is CCCNC(=O)CCn1c(CCCl)nc2cc(Cl)cnc21. The highest BCUT2D eigenvalue weighted by Crippen LogP contribution is 2.19. The molecular formula is C14H18Cl2N4O. The molecule has 2 aromatic heterocycles. The fourth-order valence-corrected chi connectivity index (χ4v) is 2.43. The van der Waals surface area contributed by atoms with Gasteiger partial charge in [0.05, 0.1) is 5.02 Å². The lowest BCUT2D eigenvalue weighted by Gasteiger charge is -2.08. The van der Waals surface area contributed by atoms with Gasteiger partial charge in [0.15, 0.2) is 5.65 Å². The van der Waals surface area contributed by atoms with Gasteiger partial charge in [-0.05, 0) is 12.5 Å². The van der Waals surface area contributed by atoms with Crippen LogP contribution in [0.3, 0.4) is 0 Å². The van der Waals surface area contributed by atoms with E-state index in [0.717, 1.165) is 23.4 Å². The number of pyridine rings is 1. The first-order valence-electron chi connectivity index (χ1n) is 6.99. The first-order valence-corrected chi connectivity index (χ1v) is 7.90. The predicted molar refractivity (Wildman–Crippen MR) is 84.9 cm³/mol. The fourth-order valence-electron chi connectivity index (χ4n) is 2.11. The van der Waals surface area contributed by atoms with Crippen molar-refractivity contribution < 1.29 is 4.79 Å². The van der Waals surface area contributed by atoms with Crippen LogP contribution in [-0.2, 0) is 17.8 Å². The number of hydrogen-bond acceptors (Lipinski definition) is 3. The number of rotatable bonds is 7. The maximum atomic E-state index is 11.7. The van der Waals surface area contributed by atoms with Gasteiger partial charge in [-0.2, -0.15) is 0 Å². The molecule has 7 heteroatoms. The van der Waals surface area contributed by atoms with Crippen LogP contribution in [0.4, 0.5) is 0 Å². The summed E-state index contributed by atoms with van der Waals surface area (Å²) in [4.78, 5) is 20.6. The van der Waals surface area contributed by atoms with E-state index in [1.165, 1.54) is 0 Å². The summed E-state index contributed by atoms with van der Waals surface area (Å²) in [7, 11) is 0. The highest BCUT2D eigenvalue weighted by atomic mass is 35.5. The van der Waals surface area contributed by atoms with Crippen molar-refractivity contribution in [3.05, 3.63) is 23.1 Å². The number of aryl methyl sites for hydroxylation is 2. The zero-order valence-corrected chi connectivity index (χ0v) is 13.4. The van der Waals surface area contributed by atoms with Crippen LogP contribution in [0.25, 0.3) is 11.2 Å². The molecule has 0 fully saturated rings. The van der Waals surface area contributed by atoms with E-state index in [1.807, 2.05) is 11.5 Å². The van der Waals surface area contributed by atoms with E-state index in [9.17, 15) is 4.79 Å². The van der Waals surface area contributed by atoms with Gasteiger partial charge < -0.3 is 9.88 Å². The molecule has 0 unspecified atom stereocenters. The van der Waals surface area contributed by atoms with Gasteiger partial charge >= 0.3 is 0 Å². The number of fused-ring (bicyclic) bond motifs is 1. The molecule has 0 bridgehead atoms. The molecule has 0 spiro atoms. The average Bonchev–Trinajstić information content (AvgIpc) is 2.79. The third kappa shape index (κ3) is 4.08. The van der Waals surface area contributed by atoms with Crippen molar-refractivity contribution in [3.63, 3.8) is 0 Å². The molecule has 0 aliphatic carbocycles. The number of imidazole rings is 1. The van der Waals surface area contributed by atoms with E-state index in [4.69, 9.17) is 23.2 Å². The molecule has 0 aliphatic rings. The van der Waals surface area contributed by atoms with Gasteiger partial charge in [0.2, 0.25) is 5.91 Å². The van der Waals surface area contributed by atoms with Gasteiger partial charge in [0.1, 0.15) is 11.3 Å². The highest BCUT2D eigenvalue weighted by molar-refractivity contribution is 6.31. The normalized spacial score (nSPS) is 11.0. The minimum atomic E-state index is 0.0319. The first-order chi connectivity index (χ1) is 10.2. The maximum Gasteiger partial charge on any atom is 0.221 e. The van der Waals surface area contributed by atoms with E-state index >= 15 is 0 Å². The molecule has 21 heavy (non-hydrogen) atoms. The molecule has 2 rings (SSSR count). The molecule has 114 valence electrons. The lowest BCUT2D eigenvalue weighted by Crippen LogP contribution is -2.25. The Morgan fingerprint density at radius 1 is 1.48 bits per heavy atom. The summed E-state index contributed by atoms with van der Waals surface area (Å²) in [6.07, 6.45) is 3.54. The monoisotopic (exact) mass is 328 g/mol. The molecule has 5 nitrogen and oxygen atoms in total. The topological polar surface area (TPSA) is 59.8 Å². The van der Waals surface area contributed by atoms with E-state index in [1.54, 1.807) is 12.3 Å². The number of nitrogens with zero attached hydrogens (tertiary/aromatic N) is 3. The van der Waals surface area contributed by atoms with Gasteiger partial charge in [-0.25, -0.2) is 9.97 Å². The zero-order valence-electron chi connectivity index (χ0n) is 11.9. The summed E-state index contributed by atoms with van der Waals surface area (Å²) in [5.41, 5.74) is 1.47. The Morgan fingerprint density at radius 2 is 2.29 bits per heavy atom. The standard InChI is InChI=1S/C14H18Cl2N4O/c1-2-6-17-13(21)4-7-20-12(3-5-15)19-11-8-10(16)9-18-14(11)20/h8-9H,2-7H2,1H3,(H,17,21). The summed E-state index contributed by atoms with van der Waals surface area (Å²) in [5, 5.41) is 3.41. The maximum absolute atomic E-state index is 11.7. The number of carbonyl (C=O) groups is 1. The Kier molecular flexibility index (Phi) is 5.82. The van der Waals surface area contributed by atoms with E-state index in [2.05, 4.69) is 15.3 Å². The molecule has 0 atom stereocenters. The van der Waals surface area contributed by atoms with Gasteiger partial charge in [0, 0.05) is 38.0 Å². The molecule has 1 amide bonds. The second kappa shape index (κ2) is 7.61. The van der Waals surface area contributed by atoms with Crippen LogP contribution < -0.4 is 5.32 Å². The highest BCUT2D eigenvalue weighted by Gasteiger charge is 2.13. The molecule has 2 aromatic rings. The Hall–Kier alpha value is -1.33. The molecule has 0 aromatic carbocycles. The molecule has 0 radical (unpaired) electrons. The quantitative estimate of drug-likeness (QED) is 0.795. The molecule has 0 saturated carbocycles. The van der Waals surface area contributed by atoms with Crippen LogP contribution in [0.15, 0.2) is 12.3 Å². The van der Waals surface area contributed by atoms with E-state index < -0.39 is 0 Å². The third-order valence-corrected chi connectivity index (χ3v) is 3.48. The van der Waals surface area contributed by atoms with Crippen LogP contribution in [0.1, 0.15) is 25.6 Å². The Morgan fingerprint density at radius 3 is 3.00 bits per heavy atom. The number of aromatic nitrogens is 3. The lowest BCUT2D eigenvalue weighted by molar-refractivity contribution is -0.121. The Bertz CT molecular complexity index is 627. The minimum absolute atomic E-state index is 0.0319. The molecular weight excluding hydrogens is 311 g/mol. The number of halogens is 2. The van der Waals surface area contributed by atoms with Crippen LogP contribution in [0.5, 0.6) is 0 Å². The van der Waals surface area contributed by atoms with Crippen LogP contribution in [0.2, 0.25) is 5.02 Å². The van der Waals surface area contributed by atoms with Gasteiger partial charge in [0.25, 0.3) is 0 Å². The van der Waals surface area contributed by atoms with E-state index in [0.29, 0.717) is 36.8 Å². The number of hydrogen-bond donors (Lipinski definition) is 1. The summed E-state index contributed by atoms with van der Waals surface area (Å²) in [6.45, 7) is 3.26. The zero-order chi connectivity index (χ0) is 15.2. The van der Waals surface area contributed by atoms with Crippen molar-refractivity contribution in [2.45, 2.75) is 32.7 Å². The summed E-state index contributed by atoms with van der Waals surface area (Å²) in [6, 6.07) is 1.77. The van der Waals surface area contributed by atoms with Crippen molar-refractivity contribution in [1.82, 2.24) is 19.9 Å². The van der Waals surface area contributed by atoms with Crippen LogP contribution in [-0.4, -0.2) is 32.9 Å². The summed E-state index contributed by atoms with van der Waals surface area (Å²) < 4.78 is 1.94. The third-order valence-electron chi connectivity index (χ3n) is 3.08. The van der Waals surface area contributed by atoms with E-state index in [-0.39, 0.29) is 5.91 Å². The summed E-state index contributed by atoms with van der Waals surface area (Å²) >= 11 is 11.8. The average molecular weight is 329 g/mol. The van der Waals surface area contributed by atoms with Gasteiger partial charge in [-0.1, -0.05) is 18.5 Å². The van der Waals surface area contributed by atoms with Gasteiger partial charge in [-0.15, -0.1) is 11.6 Å². The Labute approximate surface area is 133 Å². The van der Waals surface area contributed by atoms with Crippen molar-refractivity contribution in [2.24, 2.45) is 0 Å². The fraction of sp³-hybridized carbons (Fsp3) is 0.500. The second-order valence-corrected chi connectivity index (χ2v) is 5.53. The number of carbonyl (C=O) groups excluding carboxylic acids is 1. The van der Waals surface area contributed by atoms with Crippen molar-refractivity contribution in [1.29, 1.82) is 0 Å². The van der Waals surface area contributed by atoms with Crippen molar-refractivity contribution >= 4 is 40.3 Å². The van der Waals surface area contributed by atoms with Crippen molar-refractivity contribution in [2.75, 3.05) is 12.4 Å².